The van der Waals surface area contributed by atoms with E-state index in [9.17, 15) is 13.2 Å². The third-order valence-corrected chi connectivity index (χ3v) is 2.32. The van der Waals surface area contributed by atoms with Gasteiger partial charge in [0.25, 0.3) is 0 Å². The van der Waals surface area contributed by atoms with Gasteiger partial charge in [-0.25, -0.2) is 0 Å². The first-order valence-electron chi connectivity index (χ1n) is 4.91. The molecule has 0 aliphatic heterocycles. The number of nitrogens with two attached hydrogens (primary N) is 1. The van der Waals surface area contributed by atoms with Gasteiger partial charge in [0.2, 0.25) is 0 Å². The maximum absolute atomic E-state index is 13.0. The maximum atomic E-state index is 13.0. The molecule has 0 amide bonds. The van der Waals surface area contributed by atoms with E-state index in [1.807, 2.05) is 0 Å². The van der Waals surface area contributed by atoms with Crippen LogP contribution in [0.2, 0.25) is 0 Å². The van der Waals surface area contributed by atoms with Gasteiger partial charge in [0, 0.05) is 6.20 Å². The Balaban J connectivity index is 2.47. The summed E-state index contributed by atoms with van der Waals surface area (Å²) >= 11 is 0. The van der Waals surface area contributed by atoms with E-state index < -0.39 is 12.2 Å². The SMILES string of the molecule is Nc1ccn(C(c2ccccc2)C(F)(F)F)n1. The summed E-state index contributed by atoms with van der Waals surface area (Å²) in [7, 11) is 0. The largest absolute Gasteiger partial charge is 0.415 e. The van der Waals surface area contributed by atoms with Crippen LogP contribution in [0.15, 0.2) is 42.6 Å². The van der Waals surface area contributed by atoms with Crippen molar-refractivity contribution in [3.8, 4) is 0 Å². The van der Waals surface area contributed by atoms with Crippen LogP contribution in [0, 0.1) is 0 Å². The molecule has 0 saturated heterocycles. The number of benzene rings is 1. The van der Waals surface area contributed by atoms with E-state index in [1.165, 1.54) is 24.4 Å². The minimum Gasteiger partial charge on any atom is -0.382 e. The number of nitrogen functional groups attached to an aromatic ring is 1. The minimum atomic E-state index is -4.42. The van der Waals surface area contributed by atoms with Crippen LogP contribution < -0.4 is 5.73 Å². The summed E-state index contributed by atoms with van der Waals surface area (Å²) in [5, 5.41) is 3.63. The standard InChI is InChI=1S/C11H10F3N3/c12-11(13,14)10(8-4-2-1-3-5-8)17-7-6-9(15)16-17/h1-7,10H,(H2,15,16). The van der Waals surface area contributed by atoms with Gasteiger partial charge in [-0.3, -0.25) is 4.68 Å². The Morgan fingerprint density at radius 2 is 1.76 bits per heavy atom. The third-order valence-electron chi connectivity index (χ3n) is 2.32. The Hall–Kier alpha value is -1.98. The van der Waals surface area contributed by atoms with E-state index >= 15 is 0 Å². The predicted molar refractivity (Wildman–Crippen MR) is 57.3 cm³/mol. The Morgan fingerprint density at radius 3 is 2.24 bits per heavy atom. The van der Waals surface area contributed by atoms with Crippen molar-refractivity contribution in [3.63, 3.8) is 0 Å². The molecule has 0 fully saturated rings. The minimum absolute atomic E-state index is 0.0650. The first-order valence-corrected chi connectivity index (χ1v) is 4.91. The van der Waals surface area contributed by atoms with Crippen LogP contribution in [0.1, 0.15) is 11.6 Å². The Morgan fingerprint density at radius 1 is 1.12 bits per heavy atom. The van der Waals surface area contributed by atoms with Crippen molar-refractivity contribution in [1.82, 2.24) is 9.78 Å². The zero-order valence-electron chi connectivity index (χ0n) is 8.72. The summed E-state index contributed by atoms with van der Waals surface area (Å²) in [4.78, 5) is 0. The molecule has 90 valence electrons. The van der Waals surface area contributed by atoms with Crippen molar-refractivity contribution in [2.24, 2.45) is 0 Å². The van der Waals surface area contributed by atoms with Gasteiger partial charge in [-0.05, 0) is 11.6 Å². The number of hydrogen-bond donors (Lipinski definition) is 1. The van der Waals surface area contributed by atoms with Gasteiger partial charge in [0.15, 0.2) is 6.04 Å². The number of anilines is 1. The zero-order chi connectivity index (χ0) is 12.5. The van der Waals surface area contributed by atoms with Gasteiger partial charge in [0.05, 0.1) is 0 Å². The quantitative estimate of drug-likeness (QED) is 0.878. The van der Waals surface area contributed by atoms with Crippen molar-refractivity contribution in [2.75, 3.05) is 5.73 Å². The highest BCUT2D eigenvalue weighted by Crippen LogP contribution is 2.35. The van der Waals surface area contributed by atoms with E-state index in [0.29, 0.717) is 0 Å². The second-order valence-electron chi connectivity index (χ2n) is 3.58. The molecule has 0 saturated carbocycles. The lowest BCUT2D eigenvalue weighted by Gasteiger charge is -2.20. The first kappa shape index (κ1) is 11.5. The molecule has 1 aromatic carbocycles. The lowest BCUT2D eigenvalue weighted by Crippen LogP contribution is -2.28. The molecule has 2 N–H and O–H groups in total. The number of alkyl halides is 3. The van der Waals surface area contributed by atoms with Gasteiger partial charge in [-0.2, -0.15) is 18.3 Å². The van der Waals surface area contributed by atoms with Crippen LogP contribution in [-0.2, 0) is 0 Å². The smallest absolute Gasteiger partial charge is 0.382 e. The first-order chi connectivity index (χ1) is 7.98. The fraction of sp³-hybridized carbons (Fsp3) is 0.182. The van der Waals surface area contributed by atoms with Gasteiger partial charge in [-0.15, -0.1) is 0 Å². The van der Waals surface area contributed by atoms with Gasteiger partial charge in [0.1, 0.15) is 5.82 Å². The van der Waals surface area contributed by atoms with Crippen LogP contribution in [0.25, 0.3) is 0 Å². The monoisotopic (exact) mass is 241 g/mol. The van der Waals surface area contributed by atoms with Crippen molar-refractivity contribution in [1.29, 1.82) is 0 Å². The fourth-order valence-electron chi connectivity index (χ4n) is 1.62. The second-order valence-corrected chi connectivity index (χ2v) is 3.58. The highest BCUT2D eigenvalue weighted by molar-refractivity contribution is 5.27. The maximum Gasteiger partial charge on any atom is 0.415 e. The molecular formula is C11H10F3N3. The number of halogens is 3. The lowest BCUT2D eigenvalue weighted by molar-refractivity contribution is -0.159. The Bertz CT molecular complexity index is 490. The zero-order valence-corrected chi connectivity index (χ0v) is 8.72. The molecule has 1 unspecified atom stereocenters. The highest BCUT2D eigenvalue weighted by atomic mass is 19.4. The predicted octanol–water partition coefficient (Wildman–Crippen LogP) is 2.62. The summed E-state index contributed by atoms with van der Waals surface area (Å²) in [5.41, 5.74) is 5.47. The van der Waals surface area contributed by atoms with Crippen molar-refractivity contribution in [3.05, 3.63) is 48.2 Å². The summed E-state index contributed by atoms with van der Waals surface area (Å²) in [6.07, 6.45) is -3.19. The van der Waals surface area contributed by atoms with E-state index in [1.54, 1.807) is 18.2 Å². The van der Waals surface area contributed by atoms with Gasteiger partial charge >= 0.3 is 6.18 Å². The normalized spacial score (nSPS) is 13.6. The molecule has 1 aromatic heterocycles. The molecule has 0 bridgehead atoms. The molecule has 17 heavy (non-hydrogen) atoms. The molecule has 0 aliphatic rings. The van der Waals surface area contributed by atoms with Crippen LogP contribution in [0.3, 0.4) is 0 Å². The molecule has 3 nitrogen and oxygen atoms in total. The Labute approximate surface area is 95.7 Å². The molecular weight excluding hydrogens is 231 g/mol. The number of nitrogens with zero attached hydrogens (tertiary/aromatic N) is 2. The van der Waals surface area contributed by atoms with Crippen molar-refractivity contribution >= 4 is 5.82 Å². The van der Waals surface area contributed by atoms with Crippen LogP contribution in [0.5, 0.6) is 0 Å². The number of aromatic nitrogens is 2. The summed E-state index contributed by atoms with van der Waals surface area (Å²) < 4.78 is 39.8. The van der Waals surface area contributed by atoms with Crippen LogP contribution in [-0.4, -0.2) is 16.0 Å². The summed E-state index contributed by atoms with van der Waals surface area (Å²) in [6.45, 7) is 0. The molecule has 0 spiro atoms. The molecule has 2 rings (SSSR count). The van der Waals surface area contributed by atoms with Crippen LogP contribution >= 0.6 is 0 Å². The summed E-state index contributed by atoms with van der Waals surface area (Å²) in [6, 6.07) is 7.13. The fourth-order valence-corrected chi connectivity index (χ4v) is 1.62. The highest BCUT2D eigenvalue weighted by Gasteiger charge is 2.42. The molecule has 1 heterocycles. The number of rotatable bonds is 2. The molecule has 6 heteroatoms. The van der Waals surface area contributed by atoms with E-state index in [2.05, 4.69) is 5.10 Å². The van der Waals surface area contributed by atoms with E-state index in [0.717, 1.165) is 4.68 Å². The molecule has 0 aliphatic carbocycles. The van der Waals surface area contributed by atoms with Gasteiger partial charge < -0.3 is 5.73 Å². The Kier molecular flexibility index (Phi) is 2.79. The van der Waals surface area contributed by atoms with Crippen molar-refractivity contribution in [2.45, 2.75) is 12.2 Å². The molecule has 1 atom stereocenters. The molecule has 2 aromatic rings. The second kappa shape index (κ2) is 4.12. The topological polar surface area (TPSA) is 43.8 Å². The third kappa shape index (κ3) is 2.41. The van der Waals surface area contributed by atoms with E-state index in [4.69, 9.17) is 5.73 Å². The van der Waals surface area contributed by atoms with Crippen LogP contribution in [0.4, 0.5) is 19.0 Å². The van der Waals surface area contributed by atoms with Gasteiger partial charge in [-0.1, -0.05) is 30.3 Å². The average Bonchev–Trinajstić information content (AvgIpc) is 2.64. The van der Waals surface area contributed by atoms with Crippen molar-refractivity contribution < 1.29 is 13.2 Å². The molecule has 0 radical (unpaired) electrons. The summed E-state index contributed by atoms with van der Waals surface area (Å²) in [5.74, 6) is 0.0650. The number of hydrogen-bond acceptors (Lipinski definition) is 2. The lowest BCUT2D eigenvalue weighted by atomic mass is 10.1. The van der Waals surface area contributed by atoms with E-state index in [-0.39, 0.29) is 11.4 Å². The average molecular weight is 241 g/mol.